The van der Waals surface area contributed by atoms with Gasteiger partial charge >= 0.3 is 5.69 Å². The third-order valence-electron chi connectivity index (χ3n) is 5.83. The van der Waals surface area contributed by atoms with Gasteiger partial charge in [0.05, 0.1) is 6.21 Å². The third kappa shape index (κ3) is 4.63. The molecular weight excluding hydrogens is 430 g/mol. The van der Waals surface area contributed by atoms with E-state index in [9.17, 15) is 9.59 Å². The lowest BCUT2D eigenvalue weighted by Gasteiger charge is -2.11. The van der Waals surface area contributed by atoms with E-state index < -0.39 is 5.69 Å². The molecule has 34 heavy (non-hydrogen) atoms. The predicted octanol–water partition coefficient (Wildman–Crippen LogP) is 2.58. The number of nitrogens with zero attached hydrogens (tertiary/aromatic N) is 6. The fourth-order valence-corrected chi connectivity index (χ4v) is 3.86. The third-order valence-corrected chi connectivity index (χ3v) is 5.83. The van der Waals surface area contributed by atoms with E-state index in [2.05, 4.69) is 27.6 Å². The molecule has 4 rings (SSSR count). The first-order chi connectivity index (χ1) is 16.4. The fourth-order valence-electron chi connectivity index (χ4n) is 3.86. The molecule has 9 heteroatoms. The van der Waals surface area contributed by atoms with Gasteiger partial charge < -0.3 is 9.47 Å². The van der Waals surface area contributed by atoms with Crippen LogP contribution < -0.4 is 21.6 Å². The number of imidazole rings is 1. The summed E-state index contributed by atoms with van der Waals surface area (Å²) in [5.41, 5.74) is 6.15. The molecule has 0 fully saturated rings. The van der Waals surface area contributed by atoms with Crippen LogP contribution in [0.25, 0.3) is 11.2 Å². The number of hydrogen-bond acceptors (Lipinski definition) is 6. The minimum absolute atomic E-state index is 0.334. The van der Waals surface area contributed by atoms with Gasteiger partial charge in [0.25, 0.3) is 5.56 Å². The van der Waals surface area contributed by atoms with Crippen molar-refractivity contribution in [3.8, 4) is 0 Å². The smallest absolute Gasteiger partial charge is 0.332 e. The lowest BCUT2D eigenvalue weighted by atomic mass is 10.1. The van der Waals surface area contributed by atoms with Gasteiger partial charge in [0, 0.05) is 40.4 Å². The number of aryl methyl sites for hydroxylation is 3. The Morgan fingerprint density at radius 3 is 2.38 bits per heavy atom. The van der Waals surface area contributed by atoms with Crippen molar-refractivity contribution in [3.63, 3.8) is 0 Å². The van der Waals surface area contributed by atoms with Crippen LogP contribution in [-0.4, -0.2) is 39.0 Å². The normalized spacial score (nSPS) is 11.4. The number of hydrogen-bond donors (Lipinski definition) is 1. The van der Waals surface area contributed by atoms with E-state index in [1.165, 1.54) is 17.2 Å². The predicted molar refractivity (Wildman–Crippen MR) is 137 cm³/mol. The summed E-state index contributed by atoms with van der Waals surface area (Å²) in [4.78, 5) is 32.0. The van der Waals surface area contributed by atoms with E-state index in [0.717, 1.165) is 28.7 Å². The molecule has 9 nitrogen and oxygen atoms in total. The lowest BCUT2D eigenvalue weighted by molar-refractivity contribution is 0.651. The molecule has 0 saturated heterocycles. The van der Waals surface area contributed by atoms with Crippen LogP contribution in [0.2, 0.25) is 0 Å². The van der Waals surface area contributed by atoms with Crippen molar-refractivity contribution < 1.29 is 0 Å². The molecule has 0 aliphatic rings. The molecule has 176 valence electrons. The molecule has 0 amide bonds. The number of benzene rings is 2. The van der Waals surface area contributed by atoms with Gasteiger partial charge in [-0.05, 0) is 36.1 Å². The Balaban J connectivity index is 1.64. The zero-order valence-corrected chi connectivity index (χ0v) is 19.9. The van der Waals surface area contributed by atoms with Crippen molar-refractivity contribution in [2.45, 2.75) is 19.4 Å². The standard InChI is InChI=1S/C25H29N7O2/c1-29(2)20-14-12-19(13-15-20)17-26-28-24-27-22-21(23(33)31(4)25(34)30(22)3)32(24)16-8-11-18-9-6-5-7-10-18/h5-7,9-10,12-15,17H,8,11,16H2,1-4H3,(H,27,28). The summed E-state index contributed by atoms with van der Waals surface area (Å²) in [6.07, 6.45) is 3.35. The Hall–Kier alpha value is -4.14. The number of fused-ring (bicyclic) bond motifs is 1. The van der Waals surface area contributed by atoms with Crippen LogP contribution in [0.3, 0.4) is 0 Å². The van der Waals surface area contributed by atoms with E-state index in [1.807, 2.05) is 66.0 Å². The van der Waals surface area contributed by atoms with Gasteiger partial charge in [0.15, 0.2) is 11.2 Å². The van der Waals surface area contributed by atoms with Gasteiger partial charge in [-0.3, -0.25) is 13.9 Å². The Kier molecular flexibility index (Phi) is 6.62. The fraction of sp³-hybridized carbons (Fsp3) is 0.280. The van der Waals surface area contributed by atoms with Crippen molar-refractivity contribution >= 4 is 29.0 Å². The highest BCUT2D eigenvalue weighted by Gasteiger charge is 2.18. The first-order valence-electron chi connectivity index (χ1n) is 11.1. The van der Waals surface area contributed by atoms with Gasteiger partial charge in [-0.2, -0.15) is 10.1 Å². The van der Waals surface area contributed by atoms with Crippen molar-refractivity contribution in [3.05, 3.63) is 86.6 Å². The van der Waals surface area contributed by atoms with E-state index in [0.29, 0.717) is 23.7 Å². The summed E-state index contributed by atoms with van der Waals surface area (Å²) >= 11 is 0. The van der Waals surface area contributed by atoms with Gasteiger partial charge in [-0.1, -0.05) is 42.5 Å². The molecule has 0 aliphatic heterocycles. The van der Waals surface area contributed by atoms with Crippen LogP contribution in [0, 0.1) is 0 Å². The summed E-state index contributed by atoms with van der Waals surface area (Å²) in [5, 5.41) is 4.34. The quantitative estimate of drug-likeness (QED) is 0.323. The van der Waals surface area contributed by atoms with Crippen molar-refractivity contribution in [2.24, 2.45) is 19.2 Å². The van der Waals surface area contributed by atoms with Crippen LogP contribution in [0.15, 0.2) is 69.3 Å². The van der Waals surface area contributed by atoms with Crippen LogP contribution in [0.4, 0.5) is 11.6 Å². The minimum atomic E-state index is -0.414. The number of rotatable bonds is 8. The molecule has 0 radical (unpaired) electrons. The average molecular weight is 460 g/mol. The molecule has 0 atom stereocenters. The monoisotopic (exact) mass is 459 g/mol. The summed E-state index contributed by atoms with van der Waals surface area (Å²) in [6, 6.07) is 18.2. The highest BCUT2D eigenvalue weighted by Crippen LogP contribution is 2.17. The number of hydrazone groups is 1. The number of anilines is 2. The first kappa shape index (κ1) is 23.0. The van der Waals surface area contributed by atoms with Crippen molar-refractivity contribution in [1.82, 2.24) is 18.7 Å². The molecule has 0 aliphatic carbocycles. The van der Waals surface area contributed by atoms with Gasteiger partial charge in [0.1, 0.15) is 0 Å². The zero-order valence-electron chi connectivity index (χ0n) is 19.9. The highest BCUT2D eigenvalue weighted by atomic mass is 16.2. The Bertz CT molecular complexity index is 1430. The van der Waals surface area contributed by atoms with Crippen LogP contribution in [0.5, 0.6) is 0 Å². The number of aromatic nitrogens is 4. The van der Waals surface area contributed by atoms with Crippen molar-refractivity contribution in [2.75, 3.05) is 24.4 Å². The summed E-state index contributed by atoms with van der Waals surface area (Å²) in [6.45, 7) is 0.550. The molecule has 0 bridgehead atoms. The second-order valence-corrected chi connectivity index (χ2v) is 8.41. The zero-order chi connectivity index (χ0) is 24.2. The second kappa shape index (κ2) is 9.78. The van der Waals surface area contributed by atoms with E-state index in [-0.39, 0.29) is 5.56 Å². The Labute approximate surface area is 197 Å². The average Bonchev–Trinajstić information content (AvgIpc) is 3.21. The van der Waals surface area contributed by atoms with Crippen LogP contribution >= 0.6 is 0 Å². The molecule has 1 N–H and O–H groups in total. The Morgan fingerprint density at radius 2 is 1.71 bits per heavy atom. The van der Waals surface area contributed by atoms with E-state index in [1.54, 1.807) is 13.3 Å². The molecule has 0 unspecified atom stereocenters. The summed E-state index contributed by atoms with van der Waals surface area (Å²) < 4.78 is 4.31. The van der Waals surface area contributed by atoms with Crippen LogP contribution in [-0.2, 0) is 27.1 Å². The molecule has 4 aromatic rings. The number of nitrogens with one attached hydrogen (secondary N) is 1. The first-order valence-corrected chi connectivity index (χ1v) is 11.1. The lowest BCUT2D eigenvalue weighted by Crippen LogP contribution is -2.37. The maximum absolute atomic E-state index is 13.0. The van der Waals surface area contributed by atoms with Gasteiger partial charge in [0.2, 0.25) is 5.95 Å². The molecule has 0 spiro atoms. The molecule has 0 saturated carbocycles. The summed E-state index contributed by atoms with van der Waals surface area (Å²) in [7, 11) is 7.08. The van der Waals surface area contributed by atoms with E-state index in [4.69, 9.17) is 0 Å². The highest BCUT2D eigenvalue weighted by molar-refractivity contribution is 5.81. The molecule has 2 aromatic heterocycles. The minimum Gasteiger partial charge on any atom is -0.378 e. The molecule has 2 heterocycles. The Morgan fingerprint density at radius 1 is 1.00 bits per heavy atom. The van der Waals surface area contributed by atoms with Gasteiger partial charge in [-0.15, -0.1) is 0 Å². The maximum Gasteiger partial charge on any atom is 0.332 e. The topological polar surface area (TPSA) is 89.5 Å². The SMILES string of the molecule is CN(C)c1ccc(C=NNc2nc3c(c(=O)n(C)c(=O)n3C)n2CCCc2ccccc2)cc1. The largest absolute Gasteiger partial charge is 0.378 e. The van der Waals surface area contributed by atoms with Crippen LogP contribution in [0.1, 0.15) is 17.5 Å². The summed E-state index contributed by atoms with van der Waals surface area (Å²) in [5.74, 6) is 0.419. The molecule has 2 aromatic carbocycles. The van der Waals surface area contributed by atoms with Gasteiger partial charge in [-0.25, -0.2) is 10.2 Å². The maximum atomic E-state index is 13.0. The van der Waals surface area contributed by atoms with E-state index >= 15 is 0 Å². The van der Waals surface area contributed by atoms with Crippen molar-refractivity contribution in [1.29, 1.82) is 0 Å². The second-order valence-electron chi connectivity index (χ2n) is 8.41. The molecular formula is C25H29N7O2.